The van der Waals surface area contributed by atoms with Gasteiger partial charge in [0.2, 0.25) is 11.7 Å². The molecule has 0 fully saturated rings. The van der Waals surface area contributed by atoms with Crippen molar-refractivity contribution in [1.29, 1.82) is 0 Å². The molecule has 0 unspecified atom stereocenters. The highest BCUT2D eigenvalue weighted by Gasteiger charge is 2.44. The maximum absolute atomic E-state index is 11.8. The van der Waals surface area contributed by atoms with Crippen molar-refractivity contribution in [2.45, 2.75) is 37.3 Å². The highest BCUT2D eigenvalue weighted by atomic mass is 16.5. The van der Waals surface area contributed by atoms with Crippen LogP contribution < -0.4 is 5.32 Å². The summed E-state index contributed by atoms with van der Waals surface area (Å²) >= 11 is 0. The minimum atomic E-state index is -1.69. The number of benzene rings is 1. The minimum Gasteiger partial charge on any atom is -0.478 e. The molecule has 5 atom stereocenters. The maximum atomic E-state index is 11.8. The summed E-state index contributed by atoms with van der Waals surface area (Å²) in [5.74, 6) is -2.37. The van der Waals surface area contributed by atoms with E-state index in [9.17, 15) is 30.0 Å². The van der Waals surface area contributed by atoms with Crippen molar-refractivity contribution in [3.63, 3.8) is 0 Å². The lowest BCUT2D eigenvalue weighted by atomic mass is 9.92. The SMILES string of the molecule is CC(=O)N[C@H]1[C@H]([C@H](O)[C@H](O)CO)OC(C(=O)O)=C[C@@H]1n1cc(-c2ccccc2)nn1. The first-order valence-electron chi connectivity index (χ1n) is 9.15. The van der Waals surface area contributed by atoms with Crippen molar-refractivity contribution in [2.24, 2.45) is 0 Å². The van der Waals surface area contributed by atoms with E-state index in [0.29, 0.717) is 5.69 Å². The van der Waals surface area contributed by atoms with Crippen LogP contribution in [0.15, 0.2) is 48.4 Å². The third kappa shape index (κ3) is 4.48. The fourth-order valence-electron chi connectivity index (χ4n) is 3.25. The zero-order chi connectivity index (χ0) is 21.8. The van der Waals surface area contributed by atoms with Crippen LogP contribution in [0, 0.1) is 0 Å². The molecule has 2 heterocycles. The number of hydrogen-bond acceptors (Lipinski definition) is 8. The third-order valence-corrected chi connectivity index (χ3v) is 4.69. The molecule has 1 amide bonds. The predicted octanol–water partition coefficient (Wildman–Crippen LogP) is -0.928. The summed E-state index contributed by atoms with van der Waals surface area (Å²) in [4.78, 5) is 23.4. The number of aliphatic hydroxyl groups is 3. The molecule has 0 radical (unpaired) electrons. The van der Waals surface area contributed by atoms with Crippen molar-refractivity contribution >= 4 is 11.9 Å². The molecule has 30 heavy (non-hydrogen) atoms. The average molecular weight is 418 g/mol. The molecule has 1 aromatic carbocycles. The van der Waals surface area contributed by atoms with Gasteiger partial charge in [-0.15, -0.1) is 5.10 Å². The van der Waals surface area contributed by atoms with Gasteiger partial charge in [-0.3, -0.25) is 4.79 Å². The zero-order valence-corrected chi connectivity index (χ0v) is 16.0. The Hall–Kier alpha value is -3.28. The molecule has 0 saturated heterocycles. The number of carbonyl (C=O) groups excluding carboxylic acids is 1. The molecule has 1 aromatic heterocycles. The molecular formula is C19H22N4O7. The molecule has 5 N–H and O–H groups in total. The monoisotopic (exact) mass is 418 g/mol. The number of carboxylic acids is 1. The van der Waals surface area contributed by atoms with Gasteiger partial charge >= 0.3 is 5.97 Å². The number of ether oxygens (including phenoxy) is 1. The molecule has 0 spiro atoms. The highest BCUT2D eigenvalue weighted by Crippen LogP contribution is 2.30. The number of aliphatic hydroxyl groups excluding tert-OH is 3. The molecule has 11 nitrogen and oxygen atoms in total. The predicted molar refractivity (Wildman–Crippen MR) is 102 cm³/mol. The van der Waals surface area contributed by atoms with Gasteiger partial charge in [0.15, 0.2) is 0 Å². The molecular weight excluding hydrogens is 396 g/mol. The van der Waals surface area contributed by atoms with E-state index in [0.717, 1.165) is 5.56 Å². The summed E-state index contributed by atoms with van der Waals surface area (Å²) in [5, 5.41) is 49.7. The van der Waals surface area contributed by atoms with E-state index in [1.165, 1.54) is 17.7 Å². The van der Waals surface area contributed by atoms with E-state index in [-0.39, 0.29) is 0 Å². The zero-order valence-electron chi connectivity index (χ0n) is 16.0. The van der Waals surface area contributed by atoms with Gasteiger partial charge in [-0.25, -0.2) is 9.48 Å². The largest absolute Gasteiger partial charge is 0.478 e. The van der Waals surface area contributed by atoms with E-state index >= 15 is 0 Å². The second-order valence-corrected chi connectivity index (χ2v) is 6.83. The number of rotatable bonds is 7. The Bertz CT molecular complexity index is 930. The van der Waals surface area contributed by atoms with Crippen LogP contribution in [-0.4, -0.2) is 78.3 Å². The highest BCUT2D eigenvalue weighted by molar-refractivity contribution is 5.84. The van der Waals surface area contributed by atoms with Crippen molar-refractivity contribution in [3.05, 3.63) is 48.4 Å². The Kier molecular flexibility index (Phi) is 6.45. The number of carbonyl (C=O) groups is 2. The molecule has 160 valence electrons. The second kappa shape index (κ2) is 9.03. The van der Waals surface area contributed by atoms with Gasteiger partial charge in [-0.1, -0.05) is 35.5 Å². The third-order valence-electron chi connectivity index (χ3n) is 4.69. The smallest absolute Gasteiger partial charge is 0.370 e. The van der Waals surface area contributed by atoms with Gasteiger partial charge in [-0.2, -0.15) is 0 Å². The molecule has 1 aliphatic rings. The number of nitrogens with one attached hydrogen (secondary N) is 1. The Morgan fingerprint density at radius 2 is 1.97 bits per heavy atom. The van der Waals surface area contributed by atoms with E-state index in [1.807, 2.05) is 30.3 Å². The lowest BCUT2D eigenvalue weighted by Crippen LogP contribution is -2.58. The first kappa shape index (κ1) is 21.4. The van der Waals surface area contributed by atoms with Gasteiger partial charge < -0.3 is 30.5 Å². The Morgan fingerprint density at radius 3 is 2.57 bits per heavy atom. The lowest BCUT2D eigenvalue weighted by Gasteiger charge is -2.39. The topological polar surface area (TPSA) is 167 Å². The van der Waals surface area contributed by atoms with Crippen molar-refractivity contribution in [1.82, 2.24) is 20.3 Å². The van der Waals surface area contributed by atoms with Gasteiger partial charge in [0.05, 0.1) is 24.9 Å². The van der Waals surface area contributed by atoms with Crippen LogP contribution >= 0.6 is 0 Å². The Balaban J connectivity index is 2.04. The normalized spacial score (nSPS) is 23.1. The molecule has 11 heteroatoms. The number of carboxylic acid groups (broad SMARTS) is 1. The molecule has 0 saturated carbocycles. The van der Waals surface area contributed by atoms with Gasteiger partial charge in [-0.05, 0) is 6.08 Å². The van der Waals surface area contributed by atoms with Crippen molar-refractivity contribution in [3.8, 4) is 11.3 Å². The van der Waals surface area contributed by atoms with E-state index in [4.69, 9.17) is 4.74 Å². The van der Waals surface area contributed by atoms with Crippen molar-refractivity contribution in [2.75, 3.05) is 6.61 Å². The van der Waals surface area contributed by atoms with Gasteiger partial charge in [0.25, 0.3) is 0 Å². The number of amides is 1. The van der Waals surface area contributed by atoms with E-state index < -0.39 is 54.6 Å². The summed E-state index contributed by atoms with van der Waals surface area (Å²) in [6, 6.07) is 7.25. The van der Waals surface area contributed by atoms with Crippen LogP contribution in [0.2, 0.25) is 0 Å². The molecule has 0 aliphatic carbocycles. The average Bonchev–Trinajstić information content (AvgIpc) is 3.23. The first-order valence-corrected chi connectivity index (χ1v) is 9.15. The second-order valence-electron chi connectivity index (χ2n) is 6.83. The van der Waals surface area contributed by atoms with Crippen LogP contribution in [0.3, 0.4) is 0 Å². The van der Waals surface area contributed by atoms with Crippen molar-refractivity contribution < 1.29 is 34.8 Å². The number of aliphatic carboxylic acids is 1. The lowest BCUT2D eigenvalue weighted by molar-refractivity contribution is -0.147. The van der Waals surface area contributed by atoms with Crippen LogP contribution in [0.1, 0.15) is 13.0 Å². The first-order chi connectivity index (χ1) is 14.3. The minimum absolute atomic E-state index is 0.472. The molecule has 0 bridgehead atoms. The summed E-state index contributed by atoms with van der Waals surface area (Å²) in [6.45, 7) is 0.461. The van der Waals surface area contributed by atoms with Crippen LogP contribution in [0.25, 0.3) is 11.3 Å². The number of aromatic nitrogens is 3. The van der Waals surface area contributed by atoms with Crippen LogP contribution in [0.4, 0.5) is 0 Å². The van der Waals surface area contributed by atoms with Gasteiger partial charge in [0.1, 0.15) is 24.0 Å². The fourth-order valence-corrected chi connectivity index (χ4v) is 3.25. The molecule has 1 aliphatic heterocycles. The fraction of sp³-hybridized carbons (Fsp3) is 0.368. The van der Waals surface area contributed by atoms with Gasteiger partial charge in [0, 0.05) is 12.5 Å². The summed E-state index contributed by atoms with van der Waals surface area (Å²) in [5.41, 5.74) is 1.29. The standard InChI is InChI=1S/C19H22N4O7/c1-10(25)20-16-13(23-8-12(21-22-23)11-5-3-2-4-6-11)7-15(19(28)29)30-18(16)17(27)14(26)9-24/h2-8,13-14,16-18,24,26-27H,9H2,1H3,(H,20,25)(H,28,29)/t13-,14+,16+,17+,18+/m0/s1. The summed E-state index contributed by atoms with van der Waals surface area (Å²) in [7, 11) is 0. The number of nitrogens with zero attached hydrogens (tertiary/aromatic N) is 3. The quantitative estimate of drug-likeness (QED) is 0.382. The maximum Gasteiger partial charge on any atom is 0.370 e. The van der Waals surface area contributed by atoms with Crippen LogP contribution in [-0.2, 0) is 14.3 Å². The Labute approximate surface area is 171 Å². The van der Waals surface area contributed by atoms with E-state index in [2.05, 4.69) is 15.6 Å². The number of hydrogen-bond donors (Lipinski definition) is 5. The molecule has 2 aromatic rings. The van der Waals surface area contributed by atoms with E-state index in [1.54, 1.807) is 6.20 Å². The summed E-state index contributed by atoms with van der Waals surface area (Å²) in [6.07, 6.45) is -1.87. The van der Waals surface area contributed by atoms with Crippen LogP contribution in [0.5, 0.6) is 0 Å². The Morgan fingerprint density at radius 1 is 1.27 bits per heavy atom. The molecule has 3 rings (SSSR count). The summed E-state index contributed by atoms with van der Waals surface area (Å²) < 4.78 is 6.70.